The Morgan fingerprint density at radius 2 is 1.06 bits per heavy atom. The van der Waals surface area contributed by atoms with Crippen molar-refractivity contribution in [2.75, 3.05) is 4.90 Å². The van der Waals surface area contributed by atoms with Crippen LogP contribution in [0.2, 0.25) is 0 Å². The molecule has 5 aliphatic rings. The summed E-state index contributed by atoms with van der Waals surface area (Å²) in [5.74, 6) is 1.30. The van der Waals surface area contributed by atoms with Gasteiger partial charge in [-0.1, -0.05) is 214 Å². The van der Waals surface area contributed by atoms with E-state index in [1.165, 1.54) is 110 Å². The number of pyridine rings is 2. The van der Waals surface area contributed by atoms with Crippen molar-refractivity contribution < 1.29 is 0 Å². The summed E-state index contributed by atoms with van der Waals surface area (Å²) in [6, 6.07) is 76.5. The summed E-state index contributed by atoms with van der Waals surface area (Å²) in [5, 5.41) is 12.3. The number of hydrogen-bond acceptors (Lipinski definition) is 3. The summed E-state index contributed by atoms with van der Waals surface area (Å²) in [4.78, 5) is 13.1. The predicted molar refractivity (Wildman–Crippen MR) is 347 cm³/mol. The summed E-state index contributed by atoms with van der Waals surface area (Å²) >= 11 is 0. The average molecular weight is 1060 g/mol. The Balaban J connectivity index is 0.931. The third-order valence-electron chi connectivity index (χ3n) is 18.9. The molecule has 18 rings (SSSR count). The minimum absolute atomic E-state index is 0.182. The number of hydrogen-bond donors (Lipinski definition) is 0. The second kappa shape index (κ2) is 17.3. The van der Waals surface area contributed by atoms with Crippen molar-refractivity contribution in [2.24, 2.45) is 11.8 Å². The highest BCUT2D eigenvalue weighted by Gasteiger charge is 2.42. The molecule has 3 heterocycles. The lowest BCUT2D eigenvalue weighted by Gasteiger charge is -2.43. The predicted octanol–water partition coefficient (Wildman–Crippen LogP) is 20.1. The molecule has 0 spiro atoms. The van der Waals surface area contributed by atoms with Crippen molar-refractivity contribution in [3.8, 4) is 39.2 Å². The monoisotopic (exact) mass is 1060 g/mol. The number of nitrogens with zero attached hydrogens (tertiary/aromatic N) is 4. The molecule has 5 aliphatic carbocycles. The molecule has 83 heavy (non-hydrogen) atoms. The lowest BCUT2D eigenvalue weighted by Crippen LogP contribution is -2.32. The van der Waals surface area contributed by atoms with Gasteiger partial charge < -0.3 is 4.90 Å². The first-order chi connectivity index (χ1) is 40.9. The molecule has 4 nitrogen and oxygen atoms in total. The summed E-state index contributed by atoms with van der Waals surface area (Å²) < 4.78 is 2.42. The third-order valence-corrected chi connectivity index (χ3v) is 18.9. The zero-order valence-corrected chi connectivity index (χ0v) is 45.8. The lowest BCUT2D eigenvalue weighted by molar-refractivity contribution is 0.557. The fraction of sp³-hybridized carbons (Fsp3) is 0.0633. The van der Waals surface area contributed by atoms with E-state index in [1.807, 2.05) is 12.3 Å². The molecule has 388 valence electrons. The van der Waals surface area contributed by atoms with E-state index >= 15 is 0 Å². The largest absolute Gasteiger partial charge is 0.310 e. The zero-order valence-electron chi connectivity index (χ0n) is 45.8. The van der Waals surface area contributed by atoms with E-state index in [9.17, 15) is 0 Å². The van der Waals surface area contributed by atoms with Gasteiger partial charge in [0.1, 0.15) is 5.82 Å². The zero-order chi connectivity index (χ0) is 54.7. The summed E-state index contributed by atoms with van der Waals surface area (Å²) in [7, 11) is 0. The van der Waals surface area contributed by atoms with E-state index in [1.54, 1.807) is 0 Å². The molecular formula is C79H52N4. The number of rotatable bonds is 6. The molecule has 2 atom stereocenters. The first kappa shape index (κ1) is 46.3. The Hall–Kier alpha value is -10.4. The van der Waals surface area contributed by atoms with E-state index in [0.717, 1.165) is 55.6 Å². The topological polar surface area (TPSA) is 34.0 Å². The van der Waals surface area contributed by atoms with Gasteiger partial charge in [-0.2, -0.15) is 0 Å². The standard InChI is InChI=1S/C79H52N4/c1-79(2)75-63(38-37-62-60-28-9-8-26-58(60)59-27-10-11-29-61(59)73(62)75)64-39-41-68-74(76(64)79)66-46-55(36-40-67(66)83(68)70-42-35-51-34-33-50-22-15-43-80-77(50)78(51)81-70)82(69-45-53-21-12-18-48-31-32-49-19-14-30-65(69)72(49)71(48)53)54-23-13-20-52(44-54)57-25-7-6-24-56(57)47-16-4-3-5-17-47/h3-46,71-72H,1-2H3. The Morgan fingerprint density at radius 3 is 1.87 bits per heavy atom. The molecular weight excluding hydrogens is 1000 g/mol. The van der Waals surface area contributed by atoms with Crippen LogP contribution in [-0.2, 0) is 5.41 Å². The van der Waals surface area contributed by atoms with E-state index in [-0.39, 0.29) is 11.8 Å². The van der Waals surface area contributed by atoms with Gasteiger partial charge in [-0.15, -0.1) is 0 Å². The van der Waals surface area contributed by atoms with Gasteiger partial charge in [-0.25, -0.2) is 4.98 Å². The van der Waals surface area contributed by atoms with Crippen LogP contribution in [0, 0.1) is 11.8 Å². The van der Waals surface area contributed by atoms with Crippen molar-refractivity contribution in [3.63, 3.8) is 0 Å². The highest BCUT2D eigenvalue weighted by Crippen LogP contribution is 2.58. The summed E-state index contributed by atoms with van der Waals surface area (Å²) in [5.41, 5.74) is 22.4. The molecule has 0 amide bonds. The second-order valence-electron chi connectivity index (χ2n) is 23.6. The summed E-state index contributed by atoms with van der Waals surface area (Å²) in [6.45, 7) is 4.95. The number of anilines is 2. The van der Waals surface area contributed by atoms with Gasteiger partial charge in [-0.05, 0) is 160 Å². The van der Waals surface area contributed by atoms with Crippen molar-refractivity contribution >= 4 is 87.3 Å². The SMILES string of the molecule is CC1(C)c2c(ccc3c4ccccc4c4ccccc4c23)-c2ccc3c(c21)c1cc(N(C2=C4C=CC=C5C=CC6=CC=CC(=C2)C6C54)c2cccc(-c4ccccc4-c4ccccc4)c2)ccc1n3-c1ccc2ccc3cccnc3c2n1. The first-order valence-corrected chi connectivity index (χ1v) is 29.0. The Morgan fingerprint density at radius 1 is 0.434 bits per heavy atom. The second-order valence-corrected chi connectivity index (χ2v) is 23.6. The number of aromatic nitrogens is 3. The van der Waals surface area contributed by atoms with Crippen LogP contribution in [0.3, 0.4) is 0 Å². The fourth-order valence-corrected chi connectivity index (χ4v) is 15.4. The maximum Gasteiger partial charge on any atom is 0.138 e. The molecule has 0 aliphatic heterocycles. The van der Waals surface area contributed by atoms with Crippen LogP contribution in [0.5, 0.6) is 0 Å². The van der Waals surface area contributed by atoms with Gasteiger partial charge in [-0.3, -0.25) is 9.55 Å². The highest BCUT2D eigenvalue weighted by molar-refractivity contribution is 6.28. The summed E-state index contributed by atoms with van der Waals surface area (Å²) in [6.07, 6.45) is 22.9. The van der Waals surface area contributed by atoms with Crippen LogP contribution in [0.1, 0.15) is 25.0 Å². The van der Waals surface area contributed by atoms with Crippen LogP contribution in [0.4, 0.5) is 11.4 Å². The maximum absolute atomic E-state index is 5.61. The van der Waals surface area contributed by atoms with E-state index in [2.05, 4.69) is 278 Å². The van der Waals surface area contributed by atoms with Crippen molar-refractivity contribution in [1.82, 2.24) is 14.5 Å². The molecule has 4 heteroatoms. The molecule has 0 radical (unpaired) electrons. The van der Waals surface area contributed by atoms with Crippen LogP contribution in [0.15, 0.2) is 295 Å². The van der Waals surface area contributed by atoms with Crippen LogP contribution in [0.25, 0.3) is 115 Å². The quantitative estimate of drug-likeness (QED) is 0.156. The number of allylic oxidation sites excluding steroid dienone is 13. The molecule has 2 unspecified atom stereocenters. The first-order valence-electron chi connectivity index (χ1n) is 29.0. The molecule has 3 aromatic heterocycles. The van der Waals surface area contributed by atoms with E-state index < -0.39 is 5.41 Å². The van der Waals surface area contributed by atoms with Gasteiger partial charge in [0.05, 0.1) is 27.8 Å². The average Bonchev–Trinajstić information content (AvgIpc) is 1.75. The molecule has 0 saturated carbocycles. The van der Waals surface area contributed by atoms with Crippen molar-refractivity contribution in [3.05, 3.63) is 306 Å². The molecule has 0 fully saturated rings. The Labute approximate surface area is 480 Å². The normalized spacial score (nSPS) is 17.2. The van der Waals surface area contributed by atoms with Gasteiger partial charge in [0.25, 0.3) is 0 Å². The molecule has 0 saturated heterocycles. The van der Waals surface area contributed by atoms with E-state index in [4.69, 9.17) is 9.97 Å². The highest BCUT2D eigenvalue weighted by atomic mass is 15.2. The van der Waals surface area contributed by atoms with Crippen LogP contribution in [-0.4, -0.2) is 14.5 Å². The number of fused-ring (bicyclic) bond motifs is 17. The molecule has 13 aromatic rings. The Bertz CT molecular complexity index is 5270. The Kier molecular flexibility index (Phi) is 9.66. The molecule has 10 aromatic carbocycles. The number of benzene rings is 10. The minimum Gasteiger partial charge on any atom is -0.310 e. The fourth-order valence-electron chi connectivity index (χ4n) is 15.4. The van der Waals surface area contributed by atoms with E-state index in [0.29, 0.717) is 0 Å². The third kappa shape index (κ3) is 6.57. The maximum atomic E-state index is 5.61. The lowest BCUT2D eigenvalue weighted by atomic mass is 9.64. The molecule has 0 N–H and O–H groups in total. The molecule has 0 bridgehead atoms. The van der Waals surface area contributed by atoms with Crippen molar-refractivity contribution in [1.29, 1.82) is 0 Å². The van der Waals surface area contributed by atoms with Gasteiger partial charge in [0, 0.05) is 56.4 Å². The van der Waals surface area contributed by atoms with Gasteiger partial charge in [0.15, 0.2) is 0 Å². The van der Waals surface area contributed by atoms with Crippen LogP contribution < -0.4 is 4.90 Å². The van der Waals surface area contributed by atoms with Crippen molar-refractivity contribution in [2.45, 2.75) is 19.3 Å². The minimum atomic E-state index is -0.419. The van der Waals surface area contributed by atoms with Gasteiger partial charge in [0.2, 0.25) is 0 Å². The smallest absolute Gasteiger partial charge is 0.138 e. The van der Waals surface area contributed by atoms with Crippen LogP contribution >= 0.6 is 0 Å². The van der Waals surface area contributed by atoms with Gasteiger partial charge >= 0.3 is 0 Å².